The summed E-state index contributed by atoms with van der Waals surface area (Å²) < 4.78 is 0. The number of hydrogen-bond donors (Lipinski definition) is 3. The summed E-state index contributed by atoms with van der Waals surface area (Å²) in [7, 11) is 0. The first-order chi connectivity index (χ1) is 16.2. The first kappa shape index (κ1) is 20.3. The summed E-state index contributed by atoms with van der Waals surface area (Å²) in [5, 5.41) is 16.6. The van der Waals surface area contributed by atoms with Gasteiger partial charge in [-0.25, -0.2) is 9.97 Å². The Balaban J connectivity index is 1.18. The van der Waals surface area contributed by atoms with E-state index < -0.39 is 0 Å². The smallest absolute Gasteiger partial charge is 0.142 e. The molecule has 1 aliphatic rings. The fourth-order valence-electron chi connectivity index (χ4n) is 4.73. The molecule has 0 saturated carbocycles. The molecule has 166 valence electrons. The van der Waals surface area contributed by atoms with Gasteiger partial charge in [-0.1, -0.05) is 29.8 Å². The zero-order chi connectivity index (χ0) is 22.2. The molecule has 2 aromatic carbocycles. The van der Waals surface area contributed by atoms with E-state index in [9.17, 15) is 0 Å². The molecule has 33 heavy (non-hydrogen) atoms. The molecule has 1 atom stereocenters. The van der Waals surface area contributed by atoms with Crippen LogP contribution in [0.25, 0.3) is 21.1 Å². The summed E-state index contributed by atoms with van der Waals surface area (Å²) >= 11 is 1.83. The number of aryl methyl sites for hydroxylation is 2. The highest BCUT2D eigenvalue weighted by atomic mass is 32.1. The van der Waals surface area contributed by atoms with Gasteiger partial charge in [-0.2, -0.15) is 5.10 Å². The van der Waals surface area contributed by atoms with Gasteiger partial charge in [0, 0.05) is 22.5 Å². The van der Waals surface area contributed by atoms with Crippen LogP contribution in [0.3, 0.4) is 0 Å². The average molecular weight is 455 g/mol. The molecule has 1 aliphatic carbocycles. The molecule has 3 heterocycles. The summed E-state index contributed by atoms with van der Waals surface area (Å²) in [6, 6.07) is 15.0. The standard InChI is InChI=1S/C26H26N6S/c1-16-2-4-17(5-3-16)12-27-13-18-6-8-21-23(10-18)33-26-24(21)25(28-15-29-26)31-20-7-9-22-19(11-20)14-30-32-22/h2-5,7,9,11,14-15,18,27H,6,8,10,12-13H2,1H3,(H,30,32)(H,28,29,31). The second-order valence-corrected chi connectivity index (χ2v) is 10.0. The Morgan fingerprint density at radius 3 is 2.94 bits per heavy atom. The molecule has 3 aromatic heterocycles. The normalized spacial score (nSPS) is 15.7. The molecule has 0 saturated heterocycles. The van der Waals surface area contributed by atoms with Gasteiger partial charge in [0.2, 0.25) is 0 Å². The van der Waals surface area contributed by atoms with E-state index in [2.05, 4.69) is 74.1 Å². The molecule has 5 aromatic rings. The van der Waals surface area contributed by atoms with Crippen molar-refractivity contribution < 1.29 is 0 Å². The van der Waals surface area contributed by atoms with Gasteiger partial charge in [-0.3, -0.25) is 5.10 Å². The van der Waals surface area contributed by atoms with Crippen molar-refractivity contribution in [3.05, 3.63) is 76.6 Å². The van der Waals surface area contributed by atoms with Gasteiger partial charge in [0.15, 0.2) is 0 Å². The number of thiophene rings is 1. The minimum atomic E-state index is 0.656. The zero-order valence-corrected chi connectivity index (χ0v) is 19.4. The van der Waals surface area contributed by atoms with Crippen molar-refractivity contribution in [2.75, 3.05) is 11.9 Å². The van der Waals surface area contributed by atoms with Crippen molar-refractivity contribution in [1.82, 2.24) is 25.5 Å². The third-order valence-electron chi connectivity index (χ3n) is 6.53. The van der Waals surface area contributed by atoms with Gasteiger partial charge in [-0.05, 0) is 68.0 Å². The number of nitrogens with zero attached hydrogens (tertiary/aromatic N) is 3. The Labute approximate surface area is 196 Å². The van der Waals surface area contributed by atoms with Crippen LogP contribution in [0.15, 0.2) is 55.0 Å². The number of rotatable bonds is 6. The van der Waals surface area contributed by atoms with Crippen molar-refractivity contribution in [3.8, 4) is 0 Å². The molecule has 1 unspecified atom stereocenters. The Bertz CT molecular complexity index is 1420. The van der Waals surface area contributed by atoms with E-state index in [1.807, 2.05) is 23.6 Å². The van der Waals surface area contributed by atoms with Crippen LogP contribution < -0.4 is 10.6 Å². The molecule has 0 bridgehead atoms. The maximum Gasteiger partial charge on any atom is 0.142 e. The summed E-state index contributed by atoms with van der Waals surface area (Å²) in [5.41, 5.74) is 6.12. The summed E-state index contributed by atoms with van der Waals surface area (Å²) in [4.78, 5) is 11.8. The second kappa shape index (κ2) is 8.57. The molecular weight excluding hydrogens is 428 g/mol. The van der Waals surface area contributed by atoms with E-state index in [0.29, 0.717) is 5.92 Å². The number of H-pyrrole nitrogens is 1. The minimum Gasteiger partial charge on any atom is -0.340 e. The fraction of sp³-hybridized carbons (Fsp3) is 0.269. The maximum absolute atomic E-state index is 4.61. The first-order valence-electron chi connectivity index (χ1n) is 11.4. The zero-order valence-electron chi connectivity index (χ0n) is 18.6. The van der Waals surface area contributed by atoms with Crippen molar-refractivity contribution in [3.63, 3.8) is 0 Å². The largest absolute Gasteiger partial charge is 0.340 e. The molecule has 0 spiro atoms. The summed E-state index contributed by atoms with van der Waals surface area (Å²) in [5.74, 6) is 1.56. The number of nitrogens with one attached hydrogen (secondary N) is 3. The fourth-order valence-corrected chi connectivity index (χ4v) is 6.03. The van der Waals surface area contributed by atoms with E-state index in [4.69, 9.17) is 0 Å². The Kier molecular flexibility index (Phi) is 5.28. The molecule has 0 fully saturated rings. The first-order valence-corrected chi connectivity index (χ1v) is 12.3. The topological polar surface area (TPSA) is 78.5 Å². The van der Waals surface area contributed by atoms with Gasteiger partial charge in [0.1, 0.15) is 17.0 Å². The van der Waals surface area contributed by atoms with Crippen LogP contribution in [0.2, 0.25) is 0 Å². The second-order valence-electron chi connectivity index (χ2n) is 8.93. The molecular formula is C26H26N6S. The van der Waals surface area contributed by atoms with E-state index >= 15 is 0 Å². The van der Waals surface area contributed by atoms with Crippen LogP contribution in [0.5, 0.6) is 0 Å². The summed E-state index contributed by atoms with van der Waals surface area (Å²) in [6.07, 6.45) is 6.89. The molecule has 6 rings (SSSR count). The molecule has 3 N–H and O–H groups in total. The highest BCUT2D eigenvalue weighted by Gasteiger charge is 2.25. The van der Waals surface area contributed by atoms with Gasteiger partial charge in [0.25, 0.3) is 0 Å². The number of anilines is 2. The molecule has 0 radical (unpaired) electrons. The van der Waals surface area contributed by atoms with E-state index in [0.717, 1.165) is 53.2 Å². The highest BCUT2D eigenvalue weighted by molar-refractivity contribution is 7.19. The predicted octanol–water partition coefficient (Wildman–Crippen LogP) is 5.51. The van der Waals surface area contributed by atoms with E-state index in [1.165, 1.54) is 33.4 Å². The quantitative estimate of drug-likeness (QED) is 0.315. The third kappa shape index (κ3) is 4.10. The predicted molar refractivity (Wildman–Crippen MR) is 135 cm³/mol. The van der Waals surface area contributed by atoms with Crippen LogP contribution in [0.1, 0.15) is 28.0 Å². The van der Waals surface area contributed by atoms with Crippen molar-refractivity contribution in [2.24, 2.45) is 5.92 Å². The molecule has 7 heteroatoms. The van der Waals surface area contributed by atoms with Gasteiger partial charge in [-0.15, -0.1) is 11.3 Å². The highest BCUT2D eigenvalue weighted by Crippen LogP contribution is 2.40. The lowest BCUT2D eigenvalue weighted by molar-refractivity contribution is 0.429. The van der Waals surface area contributed by atoms with Gasteiger partial charge in [0.05, 0.1) is 17.1 Å². The Morgan fingerprint density at radius 2 is 2.03 bits per heavy atom. The minimum absolute atomic E-state index is 0.656. The Hall–Kier alpha value is -3.29. The molecule has 0 aliphatic heterocycles. The third-order valence-corrected chi connectivity index (χ3v) is 7.70. The lowest BCUT2D eigenvalue weighted by atomic mass is 9.87. The van der Waals surface area contributed by atoms with Gasteiger partial charge < -0.3 is 10.6 Å². The number of fused-ring (bicyclic) bond motifs is 4. The van der Waals surface area contributed by atoms with E-state index in [1.54, 1.807) is 6.33 Å². The summed E-state index contributed by atoms with van der Waals surface area (Å²) in [6.45, 7) is 4.10. The Morgan fingerprint density at radius 1 is 1.12 bits per heavy atom. The van der Waals surface area contributed by atoms with E-state index in [-0.39, 0.29) is 0 Å². The maximum atomic E-state index is 4.61. The lowest BCUT2D eigenvalue weighted by Gasteiger charge is -2.23. The van der Waals surface area contributed by atoms with Crippen LogP contribution in [-0.2, 0) is 19.4 Å². The van der Waals surface area contributed by atoms with Crippen LogP contribution in [-0.4, -0.2) is 26.7 Å². The van der Waals surface area contributed by atoms with Crippen molar-refractivity contribution in [2.45, 2.75) is 32.7 Å². The van der Waals surface area contributed by atoms with Crippen molar-refractivity contribution >= 4 is 44.0 Å². The van der Waals surface area contributed by atoms with Gasteiger partial charge >= 0.3 is 0 Å². The lowest BCUT2D eigenvalue weighted by Crippen LogP contribution is -2.26. The number of hydrogen-bond acceptors (Lipinski definition) is 6. The number of aromatic nitrogens is 4. The average Bonchev–Trinajstić information content (AvgIpc) is 3.44. The molecule has 0 amide bonds. The van der Waals surface area contributed by atoms with Crippen molar-refractivity contribution in [1.29, 1.82) is 0 Å². The van der Waals surface area contributed by atoms with Crippen LogP contribution in [0, 0.1) is 12.8 Å². The SMILES string of the molecule is Cc1ccc(CNCC2CCc3c(sc4ncnc(Nc5ccc6[nH]ncc6c5)c34)C2)cc1. The monoisotopic (exact) mass is 454 g/mol. The molecule has 6 nitrogen and oxygen atoms in total. The number of benzene rings is 2. The number of aromatic amines is 1. The van der Waals surface area contributed by atoms with Crippen LogP contribution in [0.4, 0.5) is 11.5 Å². The van der Waals surface area contributed by atoms with Crippen LogP contribution >= 0.6 is 11.3 Å².